The van der Waals surface area contributed by atoms with Gasteiger partial charge in [0.2, 0.25) is 5.91 Å². The van der Waals surface area contributed by atoms with Crippen molar-refractivity contribution in [3.05, 3.63) is 70.8 Å². The Morgan fingerprint density at radius 1 is 0.975 bits per heavy atom. The molecule has 0 atom stereocenters. The quantitative estimate of drug-likeness (QED) is 0.284. The highest BCUT2D eigenvalue weighted by Crippen LogP contribution is 2.34. The molecular weight excluding hydrogens is 514 g/mol. The van der Waals surface area contributed by atoms with Gasteiger partial charge in [-0.3, -0.25) is 23.7 Å². The van der Waals surface area contributed by atoms with Crippen LogP contribution in [0.1, 0.15) is 49.0 Å². The van der Waals surface area contributed by atoms with Gasteiger partial charge in [0.1, 0.15) is 17.5 Å². The summed E-state index contributed by atoms with van der Waals surface area (Å²) in [6, 6.07) is 13.0. The number of amides is 2. The van der Waals surface area contributed by atoms with Crippen molar-refractivity contribution in [1.29, 1.82) is 0 Å². The fourth-order valence-electron chi connectivity index (χ4n) is 5.00. The standard InChI is InChI=1S/C28H27N7O5/c1-15(36)32-20-4-2-3-18(13-20)26(37)33-19-9-5-16(6-10-19)22-27(38)35(21-11-7-17(8-12-21)28(39)40)25-23(34-22)24(29)30-14-31-25/h2-6,9-10,13-14,17,21H,7-8,11-12H2,1H3,(H,32,36)(H,33,37)(H,39,40)(H2,29,30,31). The van der Waals surface area contributed by atoms with E-state index in [1.54, 1.807) is 53.1 Å². The summed E-state index contributed by atoms with van der Waals surface area (Å²) in [5.74, 6) is -1.74. The number of hydrogen-bond donors (Lipinski definition) is 4. The predicted molar refractivity (Wildman–Crippen MR) is 149 cm³/mol. The van der Waals surface area contributed by atoms with Crippen molar-refractivity contribution in [3.63, 3.8) is 0 Å². The summed E-state index contributed by atoms with van der Waals surface area (Å²) in [7, 11) is 0. The van der Waals surface area contributed by atoms with E-state index in [4.69, 9.17) is 5.73 Å². The number of carboxylic acid groups (broad SMARTS) is 1. The van der Waals surface area contributed by atoms with Crippen molar-refractivity contribution in [1.82, 2.24) is 19.5 Å². The van der Waals surface area contributed by atoms with Crippen molar-refractivity contribution in [2.24, 2.45) is 5.92 Å². The van der Waals surface area contributed by atoms with E-state index in [1.165, 1.54) is 13.3 Å². The van der Waals surface area contributed by atoms with E-state index in [-0.39, 0.29) is 40.4 Å². The van der Waals surface area contributed by atoms with Crippen LogP contribution in [0.15, 0.2) is 59.7 Å². The van der Waals surface area contributed by atoms with Crippen molar-refractivity contribution < 1.29 is 19.5 Å². The lowest BCUT2D eigenvalue weighted by molar-refractivity contribution is -0.143. The molecule has 5 rings (SSSR count). The van der Waals surface area contributed by atoms with E-state index < -0.39 is 11.9 Å². The Balaban J connectivity index is 1.44. The van der Waals surface area contributed by atoms with E-state index in [1.807, 2.05) is 0 Å². The zero-order chi connectivity index (χ0) is 28.4. The summed E-state index contributed by atoms with van der Waals surface area (Å²) < 4.78 is 1.56. The van der Waals surface area contributed by atoms with Crippen LogP contribution in [0.4, 0.5) is 17.2 Å². The number of hydrogen-bond acceptors (Lipinski definition) is 8. The molecule has 1 aliphatic carbocycles. The first-order valence-corrected chi connectivity index (χ1v) is 12.8. The molecule has 2 aromatic carbocycles. The van der Waals surface area contributed by atoms with E-state index in [2.05, 4.69) is 25.6 Å². The fourth-order valence-corrected chi connectivity index (χ4v) is 5.00. The SMILES string of the molecule is CC(=O)Nc1cccc(C(=O)Nc2ccc(-c3nc4c(N)ncnc4n(C4CCC(C(=O)O)CC4)c3=O)cc2)c1. The van der Waals surface area contributed by atoms with Crippen LogP contribution in [0, 0.1) is 5.92 Å². The maximum absolute atomic E-state index is 13.7. The minimum atomic E-state index is -0.828. The molecule has 0 bridgehead atoms. The van der Waals surface area contributed by atoms with Crippen LogP contribution >= 0.6 is 0 Å². The molecule has 204 valence electrons. The molecule has 1 aliphatic rings. The Hall–Kier alpha value is -5.13. The molecule has 12 heteroatoms. The second-order valence-corrected chi connectivity index (χ2v) is 9.70. The number of nitrogens with one attached hydrogen (secondary N) is 2. The molecule has 1 fully saturated rings. The monoisotopic (exact) mass is 541 g/mol. The van der Waals surface area contributed by atoms with Crippen LogP contribution in [-0.2, 0) is 9.59 Å². The van der Waals surface area contributed by atoms with Gasteiger partial charge in [0.15, 0.2) is 11.5 Å². The molecule has 0 unspecified atom stereocenters. The van der Waals surface area contributed by atoms with Crippen LogP contribution in [-0.4, -0.2) is 42.4 Å². The van der Waals surface area contributed by atoms with E-state index >= 15 is 0 Å². The zero-order valence-electron chi connectivity index (χ0n) is 21.6. The number of nitrogens with zero attached hydrogens (tertiary/aromatic N) is 4. The van der Waals surface area contributed by atoms with Crippen LogP contribution in [0.3, 0.4) is 0 Å². The van der Waals surface area contributed by atoms with Gasteiger partial charge in [0, 0.05) is 35.5 Å². The number of anilines is 3. The minimum absolute atomic E-state index is 0.129. The van der Waals surface area contributed by atoms with Crippen LogP contribution in [0.25, 0.3) is 22.4 Å². The third-order valence-electron chi connectivity index (χ3n) is 6.98. The number of rotatable bonds is 6. The summed E-state index contributed by atoms with van der Waals surface area (Å²) in [6.45, 7) is 1.39. The lowest BCUT2D eigenvalue weighted by Gasteiger charge is -2.28. The van der Waals surface area contributed by atoms with Gasteiger partial charge in [-0.2, -0.15) is 0 Å². The third kappa shape index (κ3) is 5.37. The first kappa shape index (κ1) is 26.5. The Morgan fingerprint density at radius 3 is 2.38 bits per heavy atom. The number of carbonyl (C=O) groups is 3. The van der Waals surface area contributed by atoms with Gasteiger partial charge in [-0.25, -0.2) is 15.0 Å². The lowest BCUT2D eigenvalue weighted by atomic mass is 9.86. The Labute approximate surface area is 228 Å². The van der Waals surface area contributed by atoms with Gasteiger partial charge < -0.3 is 21.5 Å². The number of aliphatic carboxylic acids is 1. The van der Waals surface area contributed by atoms with Crippen LogP contribution < -0.4 is 21.9 Å². The van der Waals surface area contributed by atoms with E-state index in [0.29, 0.717) is 53.8 Å². The molecule has 0 spiro atoms. The number of fused-ring (bicyclic) bond motifs is 1. The summed E-state index contributed by atoms with van der Waals surface area (Å²) in [5, 5.41) is 14.8. The molecule has 0 aliphatic heterocycles. The highest BCUT2D eigenvalue weighted by Gasteiger charge is 2.29. The molecule has 2 amide bonds. The van der Waals surface area contributed by atoms with Gasteiger partial charge in [-0.05, 0) is 56.0 Å². The van der Waals surface area contributed by atoms with Gasteiger partial charge in [0.05, 0.1) is 5.92 Å². The normalized spacial score (nSPS) is 16.8. The highest BCUT2D eigenvalue weighted by molar-refractivity contribution is 6.05. The molecule has 0 radical (unpaired) electrons. The molecule has 2 aromatic heterocycles. The maximum atomic E-state index is 13.7. The van der Waals surface area contributed by atoms with Crippen LogP contribution in [0.5, 0.6) is 0 Å². The van der Waals surface area contributed by atoms with Crippen molar-refractivity contribution in [2.75, 3.05) is 16.4 Å². The number of carboxylic acids is 1. The Kier molecular flexibility index (Phi) is 7.23. The van der Waals surface area contributed by atoms with Crippen molar-refractivity contribution >= 4 is 46.1 Å². The molecule has 0 saturated heterocycles. The number of carbonyl (C=O) groups excluding carboxylic acids is 2. The van der Waals surface area contributed by atoms with Gasteiger partial charge >= 0.3 is 5.97 Å². The van der Waals surface area contributed by atoms with E-state index in [0.717, 1.165) is 0 Å². The molecule has 4 aromatic rings. The summed E-state index contributed by atoms with van der Waals surface area (Å²) >= 11 is 0. The fraction of sp³-hybridized carbons (Fsp3) is 0.250. The second-order valence-electron chi connectivity index (χ2n) is 9.70. The smallest absolute Gasteiger partial charge is 0.306 e. The number of nitrogen functional groups attached to an aromatic ring is 1. The van der Waals surface area contributed by atoms with Crippen LogP contribution in [0.2, 0.25) is 0 Å². The summed E-state index contributed by atoms with van der Waals surface area (Å²) in [4.78, 5) is 62.1. The average molecular weight is 542 g/mol. The molecule has 2 heterocycles. The summed E-state index contributed by atoms with van der Waals surface area (Å²) in [6.07, 6.45) is 3.20. The molecule has 12 nitrogen and oxygen atoms in total. The minimum Gasteiger partial charge on any atom is -0.481 e. The predicted octanol–water partition coefficient (Wildman–Crippen LogP) is 3.46. The van der Waals surface area contributed by atoms with Crippen molar-refractivity contribution in [2.45, 2.75) is 38.6 Å². The number of benzene rings is 2. The third-order valence-corrected chi connectivity index (χ3v) is 6.98. The lowest BCUT2D eigenvalue weighted by Crippen LogP contribution is -2.32. The summed E-state index contributed by atoms with van der Waals surface area (Å²) in [5.41, 5.74) is 8.36. The highest BCUT2D eigenvalue weighted by atomic mass is 16.4. The number of nitrogens with two attached hydrogens (primary N) is 1. The van der Waals surface area contributed by atoms with Gasteiger partial charge in [-0.15, -0.1) is 0 Å². The maximum Gasteiger partial charge on any atom is 0.306 e. The zero-order valence-corrected chi connectivity index (χ0v) is 21.6. The molecule has 5 N–H and O–H groups in total. The molecule has 40 heavy (non-hydrogen) atoms. The first-order chi connectivity index (χ1) is 19.2. The van der Waals surface area contributed by atoms with Gasteiger partial charge in [-0.1, -0.05) is 18.2 Å². The molecular formula is C28H27N7O5. The number of aromatic nitrogens is 4. The van der Waals surface area contributed by atoms with Crippen molar-refractivity contribution in [3.8, 4) is 11.3 Å². The van der Waals surface area contributed by atoms with E-state index in [9.17, 15) is 24.3 Å². The average Bonchev–Trinajstić information content (AvgIpc) is 2.93. The molecule has 1 saturated carbocycles. The Morgan fingerprint density at radius 2 is 1.70 bits per heavy atom. The largest absolute Gasteiger partial charge is 0.481 e. The topological polar surface area (TPSA) is 182 Å². The van der Waals surface area contributed by atoms with Gasteiger partial charge in [0.25, 0.3) is 11.5 Å². The Bertz CT molecular complexity index is 1680. The second kappa shape index (κ2) is 10.9. The first-order valence-electron chi connectivity index (χ1n) is 12.8.